The molecule has 2 rings (SSSR count). The molecule has 0 spiro atoms. The first-order valence-corrected chi connectivity index (χ1v) is 8.39. The molecule has 0 aliphatic rings. The van der Waals surface area contributed by atoms with Gasteiger partial charge >= 0.3 is 0 Å². The Bertz CT molecular complexity index is 626. The van der Waals surface area contributed by atoms with Crippen molar-refractivity contribution in [1.29, 1.82) is 0 Å². The normalized spacial score (nSPS) is 12.5. The third kappa shape index (κ3) is 3.21. The van der Waals surface area contributed by atoms with Gasteiger partial charge in [-0.05, 0) is 45.7 Å². The van der Waals surface area contributed by atoms with Crippen LogP contribution < -0.4 is 0 Å². The Balaban J connectivity index is 2.68. The number of halogens is 1. The molecule has 3 heteroatoms. The summed E-state index contributed by atoms with van der Waals surface area (Å²) in [4.78, 5) is 0. The van der Waals surface area contributed by atoms with Gasteiger partial charge in [0.2, 0.25) is 5.79 Å². The standard InChI is InChI=1S/C19H23IO2/c1-18(2,3)15-11-12-17(20)16(13-15)19(21-4,22-5)14-9-7-6-8-10-14/h6-13H,1-5H3. The second-order valence-corrected chi connectivity index (χ2v) is 7.50. The summed E-state index contributed by atoms with van der Waals surface area (Å²) in [7, 11) is 3.38. The lowest BCUT2D eigenvalue weighted by atomic mass is 9.84. The maximum Gasteiger partial charge on any atom is 0.222 e. The second-order valence-electron chi connectivity index (χ2n) is 6.34. The lowest BCUT2D eigenvalue weighted by Crippen LogP contribution is -2.33. The van der Waals surface area contributed by atoms with Crippen molar-refractivity contribution in [3.8, 4) is 0 Å². The highest BCUT2D eigenvalue weighted by Crippen LogP contribution is 2.38. The van der Waals surface area contributed by atoms with E-state index in [1.807, 2.05) is 30.3 Å². The second kappa shape index (κ2) is 6.69. The lowest BCUT2D eigenvalue weighted by molar-refractivity contribution is -0.184. The molecule has 2 nitrogen and oxygen atoms in total. The average Bonchev–Trinajstić information content (AvgIpc) is 2.50. The Morgan fingerprint density at radius 1 is 0.818 bits per heavy atom. The highest BCUT2D eigenvalue weighted by molar-refractivity contribution is 14.1. The van der Waals surface area contributed by atoms with Crippen LogP contribution in [-0.2, 0) is 20.7 Å². The van der Waals surface area contributed by atoms with Gasteiger partial charge in [0.05, 0.1) is 0 Å². The van der Waals surface area contributed by atoms with Gasteiger partial charge in [0.15, 0.2) is 0 Å². The number of ether oxygens (including phenoxy) is 2. The summed E-state index contributed by atoms with van der Waals surface area (Å²) in [5, 5.41) is 0. The minimum Gasteiger partial charge on any atom is -0.346 e. The number of hydrogen-bond donors (Lipinski definition) is 0. The number of benzene rings is 2. The van der Waals surface area contributed by atoms with Crippen LogP contribution in [-0.4, -0.2) is 14.2 Å². The van der Waals surface area contributed by atoms with Gasteiger partial charge in [-0.1, -0.05) is 57.2 Å². The summed E-state index contributed by atoms with van der Waals surface area (Å²) in [6.45, 7) is 6.63. The Kier molecular flexibility index (Phi) is 5.30. The zero-order valence-electron chi connectivity index (χ0n) is 13.8. The van der Waals surface area contributed by atoms with Crippen molar-refractivity contribution in [2.24, 2.45) is 0 Å². The van der Waals surface area contributed by atoms with Gasteiger partial charge in [-0.25, -0.2) is 0 Å². The first-order valence-electron chi connectivity index (χ1n) is 7.31. The molecule has 0 radical (unpaired) electrons. The van der Waals surface area contributed by atoms with Crippen molar-refractivity contribution in [2.45, 2.75) is 32.0 Å². The van der Waals surface area contributed by atoms with Crippen LogP contribution in [0.4, 0.5) is 0 Å². The zero-order chi connectivity index (χ0) is 16.4. The van der Waals surface area contributed by atoms with E-state index >= 15 is 0 Å². The van der Waals surface area contributed by atoms with E-state index in [4.69, 9.17) is 9.47 Å². The van der Waals surface area contributed by atoms with Crippen molar-refractivity contribution < 1.29 is 9.47 Å². The van der Waals surface area contributed by atoms with Crippen molar-refractivity contribution in [2.75, 3.05) is 14.2 Å². The molecule has 22 heavy (non-hydrogen) atoms. The fraction of sp³-hybridized carbons (Fsp3) is 0.368. The van der Waals surface area contributed by atoms with Crippen molar-refractivity contribution in [3.05, 3.63) is 68.8 Å². The third-order valence-corrected chi connectivity index (χ3v) is 4.86. The highest BCUT2D eigenvalue weighted by Gasteiger charge is 2.37. The van der Waals surface area contributed by atoms with Crippen LogP contribution in [0.15, 0.2) is 48.5 Å². The number of rotatable bonds is 4. The van der Waals surface area contributed by atoms with Gasteiger partial charge in [-0.3, -0.25) is 0 Å². The van der Waals surface area contributed by atoms with Gasteiger partial charge in [-0.15, -0.1) is 0 Å². The molecular weight excluding hydrogens is 387 g/mol. The van der Waals surface area contributed by atoms with E-state index in [1.54, 1.807) is 14.2 Å². The first kappa shape index (κ1) is 17.4. The van der Waals surface area contributed by atoms with Crippen LogP contribution in [0.1, 0.15) is 37.5 Å². The summed E-state index contributed by atoms with van der Waals surface area (Å²) in [5.74, 6) is -0.890. The van der Waals surface area contributed by atoms with Crippen LogP contribution in [0, 0.1) is 3.57 Å². The lowest BCUT2D eigenvalue weighted by Gasteiger charge is -2.34. The maximum atomic E-state index is 5.88. The molecule has 0 aliphatic heterocycles. The Hall–Kier alpha value is -0.910. The summed E-state index contributed by atoms with van der Waals surface area (Å²) < 4.78 is 12.9. The molecule has 2 aromatic rings. The minimum absolute atomic E-state index is 0.0724. The smallest absolute Gasteiger partial charge is 0.222 e. The summed E-state index contributed by atoms with van der Waals surface area (Å²) in [6.07, 6.45) is 0. The number of hydrogen-bond acceptors (Lipinski definition) is 2. The van der Waals surface area contributed by atoms with Crippen LogP contribution >= 0.6 is 22.6 Å². The zero-order valence-corrected chi connectivity index (χ0v) is 16.0. The molecular formula is C19H23IO2. The molecule has 0 saturated carbocycles. The van der Waals surface area contributed by atoms with E-state index in [2.05, 4.69) is 61.6 Å². The van der Waals surface area contributed by atoms with Gasteiger partial charge in [0.1, 0.15) is 0 Å². The van der Waals surface area contributed by atoms with Crippen LogP contribution in [0.2, 0.25) is 0 Å². The molecule has 0 atom stereocenters. The Morgan fingerprint density at radius 2 is 1.41 bits per heavy atom. The van der Waals surface area contributed by atoms with Crippen molar-refractivity contribution in [3.63, 3.8) is 0 Å². The predicted molar refractivity (Wildman–Crippen MR) is 99.1 cm³/mol. The Morgan fingerprint density at radius 3 is 1.91 bits per heavy atom. The SMILES string of the molecule is COC(OC)(c1ccccc1)c1cc(C(C)(C)C)ccc1I. The topological polar surface area (TPSA) is 18.5 Å². The summed E-state index contributed by atoms with van der Waals surface area (Å²) in [6, 6.07) is 16.6. The van der Waals surface area contributed by atoms with E-state index in [0.29, 0.717) is 0 Å². The molecule has 0 amide bonds. The molecule has 0 aliphatic carbocycles. The van der Waals surface area contributed by atoms with E-state index in [-0.39, 0.29) is 5.41 Å². The minimum atomic E-state index is -0.890. The maximum absolute atomic E-state index is 5.88. The van der Waals surface area contributed by atoms with E-state index < -0.39 is 5.79 Å². The molecule has 118 valence electrons. The van der Waals surface area contributed by atoms with Gasteiger partial charge in [0.25, 0.3) is 0 Å². The van der Waals surface area contributed by atoms with Crippen molar-refractivity contribution >= 4 is 22.6 Å². The van der Waals surface area contributed by atoms with E-state index in [9.17, 15) is 0 Å². The van der Waals surface area contributed by atoms with Crippen LogP contribution in [0.25, 0.3) is 0 Å². The monoisotopic (exact) mass is 410 g/mol. The first-order chi connectivity index (χ1) is 10.3. The fourth-order valence-corrected chi connectivity index (χ4v) is 3.29. The quantitative estimate of drug-likeness (QED) is 0.517. The molecule has 0 aromatic heterocycles. The molecule has 0 heterocycles. The number of methoxy groups -OCH3 is 2. The molecule has 0 bridgehead atoms. The largest absolute Gasteiger partial charge is 0.346 e. The third-order valence-electron chi connectivity index (χ3n) is 3.92. The Labute approximate surface area is 147 Å². The molecule has 0 N–H and O–H groups in total. The van der Waals surface area contributed by atoms with Gasteiger partial charge in [-0.2, -0.15) is 0 Å². The average molecular weight is 410 g/mol. The highest BCUT2D eigenvalue weighted by atomic mass is 127. The van der Waals surface area contributed by atoms with Crippen LogP contribution in [0.5, 0.6) is 0 Å². The van der Waals surface area contributed by atoms with E-state index in [0.717, 1.165) is 14.7 Å². The molecule has 0 fully saturated rings. The van der Waals surface area contributed by atoms with Gasteiger partial charge in [0, 0.05) is 28.9 Å². The van der Waals surface area contributed by atoms with Gasteiger partial charge < -0.3 is 9.47 Å². The van der Waals surface area contributed by atoms with E-state index in [1.165, 1.54) is 5.56 Å². The molecule has 2 aromatic carbocycles. The fourth-order valence-electron chi connectivity index (χ4n) is 2.60. The molecule has 0 unspecified atom stereocenters. The predicted octanol–water partition coefficient (Wildman–Crippen LogP) is 5.08. The molecule has 0 saturated heterocycles. The van der Waals surface area contributed by atoms with Crippen LogP contribution in [0.3, 0.4) is 0 Å². The summed E-state index contributed by atoms with van der Waals surface area (Å²) in [5.41, 5.74) is 3.36. The van der Waals surface area contributed by atoms with Crippen molar-refractivity contribution in [1.82, 2.24) is 0 Å². The summed E-state index contributed by atoms with van der Waals surface area (Å²) >= 11 is 2.34.